The van der Waals surface area contributed by atoms with Gasteiger partial charge in [-0.1, -0.05) is 19.9 Å². The van der Waals surface area contributed by atoms with Gasteiger partial charge >= 0.3 is 0 Å². The largest absolute Gasteiger partial charge is 0.314 e. The second-order valence-corrected chi connectivity index (χ2v) is 5.34. The Morgan fingerprint density at radius 3 is 2.65 bits per heavy atom. The van der Waals surface area contributed by atoms with Crippen LogP contribution in [0.25, 0.3) is 0 Å². The molecule has 4 nitrogen and oxygen atoms in total. The summed E-state index contributed by atoms with van der Waals surface area (Å²) in [5.41, 5.74) is 1.01. The molecule has 0 saturated heterocycles. The van der Waals surface area contributed by atoms with Gasteiger partial charge in [-0.05, 0) is 42.1 Å². The van der Waals surface area contributed by atoms with E-state index in [4.69, 9.17) is 0 Å². The highest BCUT2D eigenvalue weighted by Crippen LogP contribution is 2.30. The third-order valence-electron chi connectivity index (χ3n) is 2.96. The van der Waals surface area contributed by atoms with Gasteiger partial charge in [-0.25, -0.2) is 0 Å². The summed E-state index contributed by atoms with van der Waals surface area (Å²) in [6, 6.07) is 5.63. The maximum absolute atomic E-state index is 11.0. The van der Waals surface area contributed by atoms with Crippen LogP contribution in [0.5, 0.6) is 0 Å². The van der Waals surface area contributed by atoms with Gasteiger partial charge in [0.25, 0.3) is 5.69 Å². The molecule has 0 amide bonds. The fraction of sp³-hybridized carbons (Fsp3) is 0.500. The molecule has 2 atom stereocenters. The van der Waals surface area contributed by atoms with E-state index < -0.39 is 0 Å². The van der Waals surface area contributed by atoms with E-state index in [1.54, 1.807) is 6.07 Å². The van der Waals surface area contributed by atoms with Crippen molar-refractivity contribution >= 4 is 28.3 Å². The Bertz CT molecular complexity index is 409. The van der Waals surface area contributed by atoms with Crippen molar-refractivity contribution in [3.05, 3.63) is 37.4 Å². The maximum atomic E-state index is 11.0. The second-order valence-electron chi connectivity index (χ2n) is 4.10. The van der Waals surface area contributed by atoms with Gasteiger partial charge in [0.05, 0.1) is 4.92 Å². The van der Waals surface area contributed by atoms with Crippen LogP contribution in [0.4, 0.5) is 5.69 Å². The lowest BCUT2D eigenvalue weighted by Gasteiger charge is -2.21. The zero-order chi connectivity index (χ0) is 13.0. The third kappa shape index (κ3) is 3.64. The number of hydrogen-bond donors (Lipinski definition) is 1. The molecule has 5 heteroatoms. The molecule has 1 aromatic carbocycles. The van der Waals surface area contributed by atoms with Crippen molar-refractivity contribution in [1.29, 1.82) is 0 Å². The van der Waals surface area contributed by atoms with E-state index in [0.717, 1.165) is 15.7 Å². The van der Waals surface area contributed by atoms with Gasteiger partial charge in [0, 0.05) is 27.2 Å². The summed E-state index contributed by atoms with van der Waals surface area (Å²) in [6.07, 6.45) is 0. The maximum Gasteiger partial charge on any atom is 0.273 e. The topological polar surface area (TPSA) is 55.2 Å². The number of halogens is 1. The molecule has 1 N–H and O–H groups in total. The second kappa shape index (κ2) is 6.30. The molecule has 0 spiro atoms. The number of nitro groups is 1. The first-order chi connectivity index (χ1) is 7.97. The van der Waals surface area contributed by atoms with Crippen molar-refractivity contribution < 1.29 is 4.92 Å². The smallest absolute Gasteiger partial charge is 0.273 e. The summed E-state index contributed by atoms with van der Waals surface area (Å²) in [4.78, 5) is 10.7. The summed E-state index contributed by atoms with van der Waals surface area (Å²) < 4.78 is 0.890. The van der Waals surface area contributed by atoms with Gasteiger partial charge in [0.1, 0.15) is 0 Å². The molecule has 2 unspecified atom stereocenters. The van der Waals surface area contributed by atoms with Gasteiger partial charge < -0.3 is 5.32 Å². The van der Waals surface area contributed by atoms with Crippen LogP contribution in [0, 0.1) is 13.7 Å². The highest BCUT2D eigenvalue weighted by atomic mass is 127. The number of likely N-dealkylation sites (N-methyl/N-ethyl adjacent to an activating group) is 1. The SMILES string of the molecule is CCNC(C)C(C)c1ccc(I)cc1[N+](=O)[O-]. The Morgan fingerprint density at radius 2 is 2.12 bits per heavy atom. The molecule has 0 radical (unpaired) electrons. The fourth-order valence-corrected chi connectivity index (χ4v) is 2.30. The normalized spacial score (nSPS) is 14.4. The van der Waals surface area contributed by atoms with Crippen molar-refractivity contribution in [3.63, 3.8) is 0 Å². The van der Waals surface area contributed by atoms with Gasteiger partial charge in [-0.15, -0.1) is 0 Å². The van der Waals surface area contributed by atoms with E-state index in [9.17, 15) is 10.1 Å². The monoisotopic (exact) mass is 348 g/mol. The van der Waals surface area contributed by atoms with Crippen molar-refractivity contribution in [2.75, 3.05) is 6.54 Å². The highest BCUT2D eigenvalue weighted by Gasteiger charge is 2.22. The number of nitrogens with zero attached hydrogens (tertiary/aromatic N) is 1. The van der Waals surface area contributed by atoms with Crippen LogP contribution in [-0.2, 0) is 0 Å². The van der Waals surface area contributed by atoms with Crippen LogP contribution in [0.3, 0.4) is 0 Å². The molecule has 1 rings (SSSR count). The fourth-order valence-electron chi connectivity index (χ4n) is 1.83. The first kappa shape index (κ1) is 14.4. The molecule has 0 aromatic heterocycles. The molecule has 94 valence electrons. The minimum Gasteiger partial charge on any atom is -0.314 e. The van der Waals surface area contributed by atoms with E-state index in [-0.39, 0.29) is 22.6 Å². The number of rotatable bonds is 5. The Balaban J connectivity index is 3.08. The van der Waals surface area contributed by atoms with Crippen LogP contribution in [-0.4, -0.2) is 17.5 Å². The first-order valence-electron chi connectivity index (χ1n) is 5.64. The average Bonchev–Trinajstić information content (AvgIpc) is 2.28. The van der Waals surface area contributed by atoms with E-state index in [2.05, 4.69) is 34.8 Å². The van der Waals surface area contributed by atoms with Crippen LogP contribution in [0.2, 0.25) is 0 Å². The van der Waals surface area contributed by atoms with Gasteiger partial charge in [0.2, 0.25) is 0 Å². The van der Waals surface area contributed by atoms with E-state index in [1.165, 1.54) is 0 Å². The first-order valence-corrected chi connectivity index (χ1v) is 6.72. The molecule has 0 aliphatic heterocycles. The Hall–Kier alpha value is -0.690. The molecular formula is C12H17IN2O2. The average molecular weight is 348 g/mol. The van der Waals surface area contributed by atoms with Crippen LogP contribution < -0.4 is 5.32 Å². The van der Waals surface area contributed by atoms with Gasteiger partial charge in [-0.2, -0.15) is 0 Å². The summed E-state index contributed by atoms with van der Waals surface area (Å²) >= 11 is 2.09. The Kier molecular flexibility index (Phi) is 5.32. The highest BCUT2D eigenvalue weighted by molar-refractivity contribution is 14.1. The van der Waals surface area contributed by atoms with Crippen molar-refractivity contribution in [1.82, 2.24) is 5.32 Å². The summed E-state index contributed by atoms with van der Waals surface area (Å²) in [7, 11) is 0. The molecule has 0 fully saturated rings. The lowest BCUT2D eigenvalue weighted by atomic mass is 9.93. The Labute approximate surface area is 115 Å². The lowest BCUT2D eigenvalue weighted by molar-refractivity contribution is -0.385. The summed E-state index contributed by atoms with van der Waals surface area (Å²) in [5, 5.41) is 14.3. The molecule has 0 saturated carbocycles. The standard InChI is InChI=1S/C12H17IN2O2/c1-4-14-9(3)8(2)11-6-5-10(13)7-12(11)15(16)17/h5-9,14H,4H2,1-3H3. The summed E-state index contributed by atoms with van der Waals surface area (Å²) in [6.45, 7) is 6.97. The van der Waals surface area contributed by atoms with E-state index in [1.807, 2.05) is 26.0 Å². The van der Waals surface area contributed by atoms with Gasteiger partial charge in [-0.3, -0.25) is 10.1 Å². The molecule has 0 aliphatic carbocycles. The Morgan fingerprint density at radius 1 is 1.47 bits per heavy atom. The molecular weight excluding hydrogens is 331 g/mol. The molecule has 0 aliphatic rings. The number of benzene rings is 1. The minimum absolute atomic E-state index is 0.118. The number of hydrogen-bond acceptors (Lipinski definition) is 3. The predicted octanol–water partition coefficient (Wildman–Crippen LogP) is 3.30. The van der Waals surface area contributed by atoms with E-state index in [0.29, 0.717) is 0 Å². The van der Waals surface area contributed by atoms with Crippen LogP contribution in [0.1, 0.15) is 32.3 Å². The van der Waals surface area contributed by atoms with Crippen molar-refractivity contribution in [2.45, 2.75) is 32.7 Å². The predicted molar refractivity (Wildman–Crippen MR) is 77.4 cm³/mol. The zero-order valence-corrected chi connectivity index (χ0v) is 12.4. The van der Waals surface area contributed by atoms with Crippen LogP contribution in [0.15, 0.2) is 18.2 Å². The quantitative estimate of drug-likeness (QED) is 0.505. The van der Waals surface area contributed by atoms with Crippen molar-refractivity contribution in [3.8, 4) is 0 Å². The third-order valence-corrected chi connectivity index (χ3v) is 3.63. The van der Waals surface area contributed by atoms with Crippen molar-refractivity contribution in [2.24, 2.45) is 0 Å². The van der Waals surface area contributed by atoms with E-state index >= 15 is 0 Å². The molecule has 17 heavy (non-hydrogen) atoms. The molecule has 1 aromatic rings. The lowest BCUT2D eigenvalue weighted by Crippen LogP contribution is -2.30. The molecule has 0 heterocycles. The number of nitrogens with one attached hydrogen (secondary N) is 1. The van der Waals surface area contributed by atoms with Crippen LogP contribution >= 0.6 is 22.6 Å². The summed E-state index contributed by atoms with van der Waals surface area (Å²) in [5.74, 6) is 0.118. The minimum atomic E-state index is -0.299. The van der Waals surface area contributed by atoms with Gasteiger partial charge in [0.15, 0.2) is 0 Å². The zero-order valence-electron chi connectivity index (χ0n) is 10.2. The number of nitro benzene ring substituents is 1. The molecule has 0 bridgehead atoms.